The molecule has 1 aliphatic rings. The maximum absolute atomic E-state index is 12.5. The molecule has 1 aromatic heterocycles. The first kappa shape index (κ1) is 23.8. The van der Waals surface area contributed by atoms with Crippen LogP contribution in [0.3, 0.4) is 0 Å². The van der Waals surface area contributed by atoms with Gasteiger partial charge in [-0.1, -0.05) is 35.8 Å². The van der Waals surface area contributed by atoms with Crippen molar-refractivity contribution in [1.29, 1.82) is 0 Å². The van der Waals surface area contributed by atoms with Crippen LogP contribution in [-0.4, -0.2) is 48.3 Å². The molecule has 0 saturated carbocycles. The van der Waals surface area contributed by atoms with E-state index in [1.165, 1.54) is 24.8 Å². The van der Waals surface area contributed by atoms with Crippen LogP contribution in [0.5, 0.6) is 11.5 Å². The number of aromatic nitrogens is 2. The average molecular weight is 465 g/mol. The number of rotatable bonds is 10. The van der Waals surface area contributed by atoms with Crippen molar-refractivity contribution in [3.05, 3.63) is 59.5 Å². The number of hydrogen-bond donors (Lipinski definition) is 1. The van der Waals surface area contributed by atoms with Crippen molar-refractivity contribution >= 4 is 5.91 Å². The second-order valence-electron chi connectivity index (χ2n) is 8.46. The summed E-state index contributed by atoms with van der Waals surface area (Å²) in [5.74, 6) is 2.04. The van der Waals surface area contributed by atoms with E-state index in [1.807, 2.05) is 12.1 Å². The SMILES string of the molecule is COc1ccc(-c2noc(CCC(=O)NCc3ccccc3CN3CCCCC3)n2)cc1OC. The molecule has 0 radical (unpaired) electrons. The molecule has 2 heterocycles. The van der Waals surface area contributed by atoms with Gasteiger partial charge in [0.15, 0.2) is 11.5 Å². The molecule has 4 rings (SSSR count). The fraction of sp³-hybridized carbons (Fsp3) is 0.423. The molecule has 180 valence electrons. The molecule has 1 amide bonds. The number of amides is 1. The standard InChI is InChI=1S/C26H32N4O4/c1-32-22-11-10-19(16-23(22)33-2)26-28-25(34-29-26)13-12-24(31)27-17-20-8-4-5-9-21(20)18-30-14-6-3-7-15-30/h4-5,8-11,16H,3,6-7,12-15,17-18H2,1-2H3,(H,27,31). The molecule has 1 aliphatic heterocycles. The van der Waals surface area contributed by atoms with Gasteiger partial charge in [0.05, 0.1) is 14.2 Å². The van der Waals surface area contributed by atoms with E-state index < -0.39 is 0 Å². The summed E-state index contributed by atoms with van der Waals surface area (Å²) in [4.78, 5) is 19.4. The maximum atomic E-state index is 12.5. The van der Waals surface area contributed by atoms with E-state index in [-0.39, 0.29) is 12.3 Å². The highest BCUT2D eigenvalue weighted by atomic mass is 16.5. The fourth-order valence-corrected chi connectivity index (χ4v) is 4.19. The Hall–Kier alpha value is -3.39. The number of ether oxygens (including phenoxy) is 2. The first-order valence-electron chi connectivity index (χ1n) is 11.8. The maximum Gasteiger partial charge on any atom is 0.227 e. The number of hydrogen-bond acceptors (Lipinski definition) is 7. The van der Waals surface area contributed by atoms with Gasteiger partial charge in [0.2, 0.25) is 17.6 Å². The van der Waals surface area contributed by atoms with Crippen LogP contribution in [0.25, 0.3) is 11.4 Å². The lowest BCUT2D eigenvalue weighted by molar-refractivity contribution is -0.121. The molecule has 1 N–H and O–H groups in total. The Morgan fingerprint density at radius 1 is 1.03 bits per heavy atom. The number of nitrogens with zero attached hydrogens (tertiary/aromatic N) is 3. The lowest BCUT2D eigenvalue weighted by Crippen LogP contribution is -2.30. The molecular formula is C26H32N4O4. The number of nitrogens with one attached hydrogen (secondary N) is 1. The normalized spacial score (nSPS) is 14.1. The van der Waals surface area contributed by atoms with Crippen molar-refractivity contribution in [2.75, 3.05) is 27.3 Å². The predicted octanol–water partition coefficient (Wildman–Crippen LogP) is 3.99. The van der Waals surface area contributed by atoms with Crippen LogP contribution >= 0.6 is 0 Å². The summed E-state index contributed by atoms with van der Waals surface area (Å²) >= 11 is 0. The number of carbonyl (C=O) groups is 1. The first-order chi connectivity index (χ1) is 16.7. The minimum Gasteiger partial charge on any atom is -0.493 e. The molecule has 0 spiro atoms. The molecule has 0 unspecified atom stereocenters. The summed E-state index contributed by atoms with van der Waals surface area (Å²) in [6.07, 6.45) is 4.51. The highest BCUT2D eigenvalue weighted by Crippen LogP contribution is 2.31. The summed E-state index contributed by atoms with van der Waals surface area (Å²) in [6.45, 7) is 3.75. The Morgan fingerprint density at radius 3 is 2.56 bits per heavy atom. The van der Waals surface area contributed by atoms with E-state index in [0.717, 1.165) is 30.8 Å². The van der Waals surface area contributed by atoms with Crippen molar-refractivity contribution in [2.45, 2.75) is 45.2 Å². The van der Waals surface area contributed by atoms with Gasteiger partial charge >= 0.3 is 0 Å². The molecule has 0 aliphatic carbocycles. The lowest BCUT2D eigenvalue weighted by atomic mass is 10.0. The lowest BCUT2D eigenvalue weighted by Gasteiger charge is -2.27. The number of likely N-dealkylation sites (tertiary alicyclic amines) is 1. The molecule has 8 nitrogen and oxygen atoms in total. The van der Waals surface area contributed by atoms with Crippen LogP contribution in [0, 0.1) is 0 Å². The van der Waals surface area contributed by atoms with Gasteiger partial charge in [-0.15, -0.1) is 0 Å². The van der Waals surface area contributed by atoms with Gasteiger partial charge in [0.25, 0.3) is 0 Å². The Balaban J connectivity index is 1.29. The van der Waals surface area contributed by atoms with E-state index in [4.69, 9.17) is 14.0 Å². The Kier molecular flexibility index (Phi) is 8.14. The smallest absolute Gasteiger partial charge is 0.227 e. The molecule has 1 saturated heterocycles. The Bertz CT molecular complexity index is 1090. The summed E-state index contributed by atoms with van der Waals surface area (Å²) in [7, 11) is 3.16. The van der Waals surface area contributed by atoms with Gasteiger partial charge in [0, 0.05) is 31.5 Å². The van der Waals surface area contributed by atoms with E-state index >= 15 is 0 Å². The third kappa shape index (κ3) is 6.14. The van der Waals surface area contributed by atoms with E-state index in [0.29, 0.717) is 36.2 Å². The van der Waals surface area contributed by atoms with Crippen molar-refractivity contribution in [1.82, 2.24) is 20.4 Å². The van der Waals surface area contributed by atoms with Gasteiger partial charge in [-0.3, -0.25) is 9.69 Å². The van der Waals surface area contributed by atoms with Crippen molar-refractivity contribution in [2.24, 2.45) is 0 Å². The summed E-state index contributed by atoms with van der Waals surface area (Å²) < 4.78 is 15.9. The number of carbonyl (C=O) groups excluding carboxylic acids is 1. The van der Waals surface area contributed by atoms with E-state index in [9.17, 15) is 4.79 Å². The summed E-state index contributed by atoms with van der Waals surface area (Å²) in [5, 5.41) is 7.07. The van der Waals surface area contributed by atoms with E-state index in [2.05, 4.69) is 38.6 Å². The molecule has 0 atom stereocenters. The largest absolute Gasteiger partial charge is 0.493 e. The highest BCUT2D eigenvalue weighted by Gasteiger charge is 2.15. The zero-order chi connectivity index (χ0) is 23.8. The second-order valence-corrected chi connectivity index (χ2v) is 8.46. The van der Waals surface area contributed by atoms with Crippen LogP contribution in [0.4, 0.5) is 0 Å². The Labute approximate surface area is 200 Å². The molecule has 8 heteroatoms. The molecule has 1 fully saturated rings. The minimum atomic E-state index is -0.0429. The molecule has 2 aromatic carbocycles. The third-order valence-corrected chi connectivity index (χ3v) is 6.11. The summed E-state index contributed by atoms with van der Waals surface area (Å²) in [6, 6.07) is 13.8. The number of piperidine rings is 1. The second kappa shape index (κ2) is 11.7. The number of benzene rings is 2. The molecular weight excluding hydrogens is 432 g/mol. The van der Waals surface area contributed by atoms with Gasteiger partial charge in [-0.2, -0.15) is 4.98 Å². The van der Waals surface area contributed by atoms with Gasteiger partial charge in [-0.05, 0) is 55.3 Å². The quantitative estimate of drug-likeness (QED) is 0.485. The number of methoxy groups -OCH3 is 2. The first-order valence-corrected chi connectivity index (χ1v) is 11.8. The van der Waals surface area contributed by atoms with Gasteiger partial charge < -0.3 is 19.3 Å². The highest BCUT2D eigenvalue weighted by molar-refractivity contribution is 5.76. The predicted molar refractivity (Wildman–Crippen MR) is 129 cm³/mol. The zero-order valence-electron chi connectivity index (χ0n) is 19.9. The van der Waals surface area contributed by atoms with Crippen LogP contribution in [0.15, 0.2) is 47.0 Å². The minimum absolute atomic E-state index is 0.0429. The van der Waals surface area contributed by atoms with Crippen molar-refractivity contribution in [3.63, 3.8) is 0 Å². The molecule has 3 aromatic rings. The average Bonchev–Trinajstić information content (AvgIpc) is 3.36. The van der Waals surface area contributed by atoms with Crippen molar-refractivity contribution < 1.29 is 18.8 Å². The number of aryl methyl sites for hydroxylation is 1. The van der Waals surface area contributed by atoms with Crippen LogP contribution < -0.4 is 14.8 Å². The molecule has 34 heavy (non-hydrogen) atoms. The summed E-state index contributed by atoms with van der Waals surface area (Å²) in [5.41, 5.74) is 3.19. The fourth-order valence-electron chi connectivity index (χ4n) is 4.19. The van der Waals surface area contributed by atoms with Crippen LogP contribution in [0.1, 0.15) is 42.7 Å². The third-order valence-electron chi connectivity index (χ3n) is 6.11. The van der Waals surface area contributed by atoms with Gasteiger partial charge in [0.1, 0.15) is 0 Å². The van der Waals surface area contributed by atoms with Gasteiger partial charge in [-0.25, -0.2) is 0 Å². The van der Waals surface area contributed by atoms with Crippen molar-refractivity contribution in [3.8, 4) is 22.9 Å². The van der Waals surface area contributed by atoms with Crippen LogP contribution in [0.2, 0.25) is 0 Å². The molecule has 0 bridgehead atoms. The Morgan fingerprint density at radius 2 is 1.79 bits per heavy atom. The van der Waals surface area contributed by atoms with E-state index in [1.54, 1.807) is 26.4 Å². The van der Waals surface area contributed by atoms with Crippen LogP contribution in [-0.2, 0) is 24.3 Å². The monoisotopic (exact) mass is 464 g/mol. The topological polar surface area (TPSA) is 89.7 Å². The zero-order valence-corrected chi connectivity index (χ0v) is 19.9.